The van der Waals surface area contributed by atoms with Crippen LogP contribution in [0.4, 0.5) is 4.39 Å². The van der Waals surface area contributed by atoms with Gasteiger partial charge in [-0.1, -0.05) is 28.1 Å². The van der Waals surface area contributed by atoms with Gasteiger partial charge in [-0.15, -0.1) is 0 Å². The van der Waals surface area contributed by atoms with Gasteiger partial charge in [-0.05, 0) is 37.1 Å². The fourth-order valence-electron chi connectivity index (χ4n) is 1.26. The average molecular weight is 259 g/mol. The Kier molecular flexibility index (Phi) is 3.84. The standard InChI is InChI=1S/C11H12BrFO/c1-7(5-8(2)14)10-4-3-9(13)6-11(10)12/h3-6,8,14H,1-2H3/b7-5-. The van der Waals surface area contributed by atoms with Crippen LogP contribution in [-0.2, 0) is 0 Å². The molecule has 0 saturated heterocycles. The Hall–Kier alpha value is -0.670. The van der Waals surface area contributed by atoms with Crippen LogP contribution >= 0.6 is 15.9 Å². The van der Waals surface area contributed by atoms with Gasteiger partial charge in [0.1, 0.15) is 5.82 Å². The van der Waals surface area contributed by atoms with Crippen molar-refractivity contribution in [2.45, 2.75) is 20.0 Å². The number of aliphatic hydroxyl groups is 1. The molecule has 0 aromatic heterocycles. The number of hydrogen-bond donors (Lipinski definition) is 1. The summed E-state index contributed by atoms with van der Waals surface area (Å²) in [4.78, 5) is 0. The van der Waals surface area contributed by atoms with Gasteiger partial charge in [0.05, 0.1) is 6.10 Å². The molecule has 0 spiro atoms. The van der Waals surface area contributed by atoms with Crippen molar-refractivity contribution in [2.24, 2.45) is 0 Å². The molecule has 1 aromatic carbocycles. The van der Waals surface area contributed by atoms with Crippen LogP contribution in [-0.4, -0.2) is 11.2 Å². The lowest BCUT2D eigenvalue weighted by molar-refractivity contribution is 0.244. The van der Waals surface area contributed by atoms with Crippen molar-refractivity contribution in [1.29, 1.82) is 0 Å². The minimum atomic E-state index is -0.494. The Bertz CT molecular complexity index is 358. The maximum atomic E-state index is 12.8. The summed E-state index contributed by atoms with van der Waals surface area (Å²) in [5, 5.41) is 9.16. The van der Waals surface area contributed by atoms with E-state index in [2.05, 4.69) is 15.9 Å². The summed E-state index contributed by atoms with van der Waals surface area (Å²) in [6, 6.07) is 4.50. The van der Waals surface area contributed by atoms with Crippen LogP contribution in [0.3, 0.4) is 0 Å². The van der Waals surface area contributed by atoms with Gasteiger partial charge in [0.25, 0.3) is 0 Å². The lowest BCUT2D eigenvalue weighted by atomic mass is 10.1. The average Bonchev–Trinajstić information content (AvgIpc) is 2.01. The minimum Gasteiger partial charge on any atom is -0.389 e. The van der Waals surface area contributed by atoms with Crippen LogP contribution in [0.5, 0.6) is 0 Å². The first-order chi connectivity index (χ1) is 6.50. The zero-order chi connectivity index (χ0) is 10.7. The van der Waals surface area contributed by atoms with Crippen molar-refractivity contribution in [2.75, 3.05) is 0 Å². The summed E-state index contributed by atoms with van der Waals surface area (Å²) in [6.45, 7) is 3.56. The number of aliphatic hydroxyl groups excluding tert-OH is 1. The lowest BCUT2D eigenvalue weighted by Gasteiger charge is -2.06. The van der Waals surface area contributed by atoms with E-state index in [1.165, 1.54) is 12.1 Å². The molecule has 0 fully saturated rings. The molecular formula is C11H12BrFO. The van der Waals surface area contributed by atoms with Gasteiger partial charge >= 0.3 is 0 Å². The van der Waals surface area contributed by atoms with Gasteiger partial charge in [0.2, 0.25) is 0 Å². The van der Waals surface area contributed by atoms with Crippen LogP contribution in [0.15, 0.2) is 28.7 Å². The third-order valence-electron chi connectivity index (χ3n) is 1.85. The molecule has 14 heavy (non-hydrogen) atoms. The minimum absolute atomic E-state index is 0.273. The Morgan fingerprint density at radius 1 is 1.57 bits per heavy atom. The molecule has 0 heterocycles. The second-order valence-electron chi connectivity index (χ2n) is 3.21. The molecule has 0 bridgehead atoms. The number of benzene rings is 1. The number of allylic oxidation sites excluding steroid dienone is 1. The summed E-state index contributed by atoms with van der Waals surface area (Å²) >= 11 is 3.28. The fourth-order valence-corrected chi connectivity index (χ4v) is 1.92. The summed E-state index contributed by atoms with van der Waals surface area (Å²) in [7, 11) is 0. The van der Waals surface area contributed by atoms with E-state index in [1.807, 2.05) is 6.92 Å². The first-order valence-corrected chi connectivity index (χ1v) is 5.12. The molecule has 0 radical (unpaired) electrons. The van der Waals surface area contributed by atoms with Gasteiger partial charge in [-0.3, -0.25) is 0 Å². The van der Waals surface area contributed by atoms with Crippen molar-refractivity contribution in [3.05, 3.63) is 40.1 Å². The van der Waals surface area contributed by atoms with Gasteiger partial charge in [-0.25, -0.2) is 4.39 Å². The van der Waals surface area contributed by atoms with Gasteiger partial charge < -0.3 is 5.11 Å². The number of halogens is 2. The molecule has 76 valence electrons. The first kappa shape index (κ1) is 11.4. The van der Waals surface area contributed by atoms with Crippen molar-refractivity contribution in [1.82, 2.24) is 0 Å². The van der Waals surface area contributed by atoms with E-state index in [0.717, 1.165) is 11.1 Å². The van der Waals surface area contributed by atoms with E-state index >= 15 is 0 Å². The van der Waals surface area contributed by atoms with Crippen molar-refractivity contribution in [3.8, 4) is 0 Å². The highest BCUT2D eigenvalue weighted by Gasteiger charge is 2.03. The number of hydrogen-bond acceptors (Lipinski definition) is 1. The lowest BCUT2D eigenvalue weighted by Crippen LogP contribution is -1.95. The van der Waals surface area contributed by atoms with Crippen LogP contribution in [0.1, 0.15) is 19.4 Å². The normalized spacial score (nSPS) is 14.2. The van der Waals surface area contributed by atoms with E-state index in [9.17, 15) is 4.39 Å². The van der Waals surface area contributed by atoms with E-state index in [4.69, 9.17) is 5.11 Å². The zero-order valence-corrected chi connectivity index (χ0v) is 9.68. The van der Waals surface area contributed by atoms with Gasteiger partial charge in [0, 0.05) is 4.47 Å². The van der Waals surface area contributed by atoms with Crippen LogP contribution in [0.2, 0.25) is 0 Å². The smallest absolute Gasteiger partial charge is 0.124 e. The highest BCUT2D eigenvalue weighted by Crippen LogP contribution is 2.25. The summed E-state index contributed by atoms with van der Waals surface area (Å²) < 4.78 is 13.5. The van der Waals surface area contributed by atoms with Crippen LogP contribution < -0.4 is 0 Å². The Balaban J connectivity index is 3.07. The molecule has 3 heteroatoms. The number of rotatable bonds is 2. The highest BCUT2D eigenvalue weighted by molar-refractivity contribution is 9.10. The third kappa shape index (κ3) is 2.93. The fraction of sp³-hybridized carbons (Fsp3) is 0.273. The molecule has 1 unspecified atom stereocenters. The van der Waals surface area contributed by atoms with Gasteiger partial charge in [0.15, 0.2) is 0 Å². The molecular weight excluding hydrogens is 247 g/mol. The van der Waals surface area contributed by atoms with E-state index < -0.39 is 6.10 Å². The quantitative estimate of drug-likeness (QED) is 0.863. The maximum absolute atomic E-state index is 12.8. The molecule has 1 N–H and O–H groups in total. The molecule has 0 aliphatic heterocycles. The first-order valence-electron chi connectivity index (χ1n) is 4.32. The third-order valence-corrected chi connectivity index (χ3v) is 2.50. The summed E-state index contributed by atoms with van der Waals surface area (Å²) in [5.74, 6) is -0.273. The van der Waals surface area contributed by atoms with E-state index in [-0.39, 0.29) is 5.82 Å². The maximum Gasteiger partial charge on any atom is 0.124 e. The topological polar surface area (TPSA) is 20.2 Å². The Labute approximate surface area is 91.4 Å². The molecule has 1 aromatic rings. The molecule has 1 nitrogen and oxygen atoms in total. The van der Waals surface area contributed by atoms with Crippen LogP contribution in [0, 0.1) is 5.82 Å². The van der Waals surface area contributed by atoms with Crippen molar-refractivity contribution in [3.63, 3.8) is 0 Å². The van der Waals surface area contributed by atoms with Gasteiger partial charge in [-0.2, -0.15) is 0 Å². The molecule has 0 aliphatic carbocycles. The molecule has 0 aliphatic rings. The highest BCUT2D eigenvalue weighted by atomic mass is 79.9. The predicted molar refractivity (Wildman–Crippen MR) is 59.4 cm³/mol. The zero-order valence-electron chi connectivity index (χ0n) is 8.09. The van der Waals surface area contributed by atoms with E-state index in [1.54, 1.807) is 19.1 Å². The molecule has 1 atom stereocenters. The Morgan fingerprint density at radius 3 is 2.71 bits per heavy atom. The molecule has 0 amide bonds. The van der Waals surface area contributed by atoms with Crippen molar-refractivity contribution < 1.29 is 9.50 Å². The van der Waals surface area contributed by atoms with E-state index in [0.29, 0.717) is 4.47 Å². The molecule has 1 rings (SSSR count). The Morgan fingerprint density at radius 2 is 2.21 bits per heavy atom. The van der Waals surface area contributed by atoms with Crippen molar-refractivity contribution >= 4 is 21.5 Å². The monoisotopic (exact) mass is 258 g/mol. The van der Waals surface area contributed by atoms with Crippen LogP contribution in [0.25, 0.3) is 5.57 Å². The summed E-state index contributed by atoms with van der Waals surface area (Å²) in [6.07, 6.45) is 1.23. The summed E-state index contributed by atoms with van der Waals surface area (Å²) in [5.41, 5.74) is 1.82. The largest absolute Gasteiger partial charge is 0.389 e. The molecule has 0 saturated carbocycles. The SMILES string of the molecule is C/C(=C/C(C)O)c1ccc(F)cc1Br. The second-order valence-corrected chi connectivity index (χ2v) is 4.07. The second kappa shape index (κ2) is 4.71. The predicted octanol–water partition coefficient (Wildman–Crippen LogP) is 3.37.